The topological polar surface area (TPSA) is 30.5 Å². The smallest absolute Gasteiger partial charge is 0.137 e. The molecule has 24 heavy (non-hydrogen) atoms. The van der Waals surface area contributed by atoms with Crippen molar-refractivity contribution in [1.82, 2.24) is 0 Å². The van der Waals surface area contributed by atoms with E-state index in [1.807, 2.05) is 24.3 Å². The molecule has 2 aromatic carbocycles. The van der Waals surface area contributed by atoms with Gasteiger partial charge in [-0.25, -0.2) is 0 Å². The van der Waals surface area contributed by atoms with Gasteiger partial charge in [0.05, 0.1) is 18.2 Å². The van der Waals surface area contributed by atoms with Crippen molar-refractivity contribution in [3.63, 3.8) is 0 Å². The maximum Gasteiger partial charge on any atom is 0.137 e. The third-order valence-corrected chi connectivity index (χ3v) is 3.91. The van der Waals surface area contributed by atoms with E-state index in [1.54, 1.807) is 18.2 Å². The van der Waals surface area contributed by atoms with Crippen LogP contribution in [-0.4, -0.2) is 19.8 Å². The SMILES string of the molecule is CCCOc1ccc(NCCCCOc2ccc(Cl)cc2Cl)cc1. The number of rotatable bonds is 10. The lowest BCUT2D eigenvalue weighted by Crippen LogP contribution is -2.05. The highest BCUT2D eigenvalue weighted by atomic mass is 35.5. The Kier molecular flexibility index (Phi) is 8.06. The zero-order chi connectivity index (χ0) is 17.2. The Morgan fingerprint density at radius 2 is 1.71 bits per heavy atom. The normalized spacial score (nSPS) is 10.5. The summed E-state index contributed by atoms with van der Waals surface area (Å²) in [6.07, 6.45) is 2.98. The van der Waals surface area contributed by atoms with Crippen molar-refractivity contribution in [2.24, 2.45) is 0 Å². The second-order valence-electron chi connectivity index (χ2n) is 5.43. The minimum atomic E-state index is 0.547. The van der Waals surface area contributed by atoms with Gasteiger partial charge in [-0.05, 0) is 61.7 Å². The second-order valence-corrected chi connectivity index (χ2v) is 6.27. The van der Waals surface area contributed by atoms with E-state index in [9.17, 15) is 0 Å². The molecule has 0 bridgehead atoms. The molecule has 0 saturated carbocycles. The van der Waals surface area contributed by atoms with Crippen molar-refractivity contribution in [3.05, 3.63) is 52.5 Å². The summed E-state index contributed by atoms with van der Waals surface area (Å²) in [5, 5.41) is 4.55. The first-order chi connectivity index (χ1) is 11.7. The Morgan fingerprint density at radius 3 is 2.42 bits per heavy atom. The van der Waals surface area contributed by atoms with Gasteiger partial charge in [-0.3, -0.25) is 0 Å². The van der Waals surface area contributed by atoms with Gasteiger partial charge in [0, 0.05) is 17.3 Å². The average Bonchev–Trinajstić information content (AvgIpc) is 2.58. The fraction of sp³-hybridized carbons (Fsp3) is 0.368. The van der Waals surface area contributed by atoms with Gasteiger partial charge in [0.25, 0.3) is 0 Å². The van der Waals surface area contributed by atoms with Gasteiger partial charge in [-0.2, -0.15) is 0 Å². The van der Waals surface area contributed by atoms with Crippen LogP contribution in [0.25, 0.3) is 0 Å². The lowest BCUT2D eigenvalue weighted by atomic mass is 10.2. The van der Waals surface area contributed by atoms with Crippen LogP contribution in [0.4, 0.5) is 5.69 Å². The molecule has 0 aliphatic carbocycles. The number of hydrogen-bond acceptors (Lipinski definition) is 3. The maximum atomic E-state index is 6.06. The lowest BCUT2D eigenvalue weighted by Gasteiger charge is -2.10. The van der Waals surface area contributed by atoms with Crippen LogP contribution in [0, 0.1) is 0 Å². The van der Waals surface area contributed by atoms with Crippen LogP contribution in [0.3, 0.4) is 0 Å². The van der Waals surface area contributed by atoms with Gasteiger partial charge in [-0.1, -0.05) is 30.1 Å². The van der Waals surface area contributed by atoms with E-state index in [4.69, 9.17) is 32.7 Å². The quantitative estimate of drug-likeness (QED) is 0.518. The zero-order valence-corrected chi connectivity index (χ0v) is 15.4. The molecular weight excluding hydrogens is 345 g/mol. The number of benzene rings is 2. The molecule has 0 unspecified atom stereocenters. The Balaban J connectivity index is 1.61. The highest BCUT2D eigenvalue weighted by Gasteiger charge is 2.02. The minimum absolute atomic E-state index is 0.547. The molecule has 5 heteroatoms. The highest BCUT2D eigenvalue weighted by molar-refractivity contribution is 6.35. The molecule has 130 valence electrons. The molecule has 1 N–H and O–H groups in total. The Bertz CT molecular complexity index is 617. The van der Waals surface area contributed by atoms with Crippen molar-refractivity contribution in [2.75, 3.05) is 25.1 Å². The highest BCUT2D eigenvalue weighted by Crippen LogP contribution is 2.27. The summed E-state index contributed by atoms with van der Waals surface area (Å²) in [4.78, 5) is 0. The summed E-state index contributed by atoms with van der Waals surface area (Å²) < 4.78 is 11.2. The second kappa shape index (κ2) is 10.3. The number of nitrogens with one attached hydrogen (secondary N) is 1. The third kappa shape index (κ3) is 6.50. The summed E-state index contributed by atoms with van der Waals surface area (Å²) in [7, 11) is 0. The van der Waals surface area contributed by atoms with Crippen molar-refractivity contribution in [3.8, 4) is 11.5 Å². The Hall–Kier alpha value is -1.58. The molecule has 2 rings (SSSR count). The van der Waals surface area contributed by atoms with E-state index in [0.717, 1.165) is 43.9 Å². The molecule has 0 spiro atoms. The summed E-state index contributed by atoms with van der Waals surface area (Å²) in [6, 6.07) is 13.3. The molecule has 0 aliphatic rings. The van der Waals surface area contributed by atoms with Gasteiger partial charge in [0.15, 0.2) is 0 Å². The molecule has 0 aliphatic heterocycles. The largest absolute Gasteiger partial charge is 0.494 e. The van der Waals surface area contributed by atoms with Crippen LogP contribution in [0.1, 0.15) is 26.2 Å². The lowest BCUT2D eigenvalue weighted by molar-refractivity contribution is 0.308. The van der Waals surface area contributed by atoms with Crippen molar-refractivity contribution in [2.45, 2.75) is 26.2 Å². The number of halogens is 2. The fourth-order valence-electron chi connectivity index (χ4n) is 2.12. The van der Waals surface area contributed by atoms with Crippen LogP contribution in [-0.2, 0) is 0 Å². The minimum Gasteiger partial charge on any atom is -0.494 e. The van der Waals surface area contributed by atoms with Crippen molar-refractivity contribution < 1.29 is 9.47 Å². The van der Waals surface area contributed by atoms with Crippen LogP contribution >= 0.6 is 23.2 Å². The maximum absolute atomic E-state index is 6.06. The summed E-state index contributed by atoms with van der Waals surface area (Å²) >= 11 is 11.9. The molecule has 0 radical (unpaired) electrons. The first kappa shape index (κ1) is 18.8. The van der Waals surface area contributed by atoms with Gasteiger partial charge in [-0.15, -0.1) is 0 Å². The molecule has 0 aromatic heterocycles. The van der Waals surface area contributed by atoms with Crippen LogP contribution < -0.4 is 14.8 Å². The Labute approximate surface area is 153 Å². The summed E-state index contributed by atoms with van der Waals surface area (Å²) in [5.41, 5.74) is 1.10. The first-order valence-corrected chi connectivity index (χ1v) is 8.99. The molecule has 0 atom stereocenters. The molecule has 0 heterocycles. The van der Waals surface area contributed by atoms with Crippen LogP contribution in [0.5, 0.6) is 11.5 Å². The van der Waals surface area contributed by atoms with E-state index >= 15 is 0 Å². The van der Waals surface area contributed by atoms with E-state index in [0.29, 0.717) is 22.4 Å². The number of hydrogen-bond donors (Lipinski definition) is 1. The van der Waals surface area contributed by atoms with Gasteiger partial charge in [0.1, 0.15) is 11.5 Å². The molecular formula is C19H23Cl2NO2. The molecule has 3 nitrogen and oxygen atoms in total. The zero-order valence-electron chi connectivity index (χ0n) is 13.9. The summed E-state index contributed by atoms with van der Waals surface area (Å²) in [5.74, 6) is 1.59. The predicted molar refractivity (Wildman–Crippen MR) is 102 cm³/mol. The van der Waals surface area contributed by atoms with Gasteiger partial charge in [0.2, 0.25) is 0 Å². The molecule has 0 fully saturated rings. The average molecular weight is 368 g/mol. The number of anilines is 1. The monoisotopic (exact) mass is 367 g/mol. The van der Waals surface area contributed by atoms with Gasteiger partial charge < -0.3 is 14.8 Å². The predicted octanol–water partition coefficient (Wildman–Crippen LogP) is 6.05. The van der Waals surface area contributed by atoms with E-state index in [-0.39, 0.29) is 0 Å². The molecule has 0 amide bonds. The number of ether oxygens (including phenoxy) is 2. The van der Waals surface area contributed by atoms with Crippen molar-refractivity contribution in [1.29, 1.82) is 0 Å². The Morgan fingerprint density at radius 1 is 0.917 bits per heavy atom. The molecule has 2 aromatic rings. The van der Waals surface area contributed by atoms with Gasteiger partial charge >= 0.3 is 0 Å². The molecule has 0 saturated heterocycles. The first-order valence-electron chi connectivity index (χ1n) is 8.23. The van der Waals surface area contributed by atoms with E-state index < -0.39 is 0 Å². The van der Waals surface area contributed by atoms with Crippen LogP contribution in [0.2, 0.25) is 10.0 Å². The van der Waals surface area contributed by atoms with Crippen molar-refractivity contribution >= 4 is 28.9 Å². The standard InChI is InChI=1S/C19H23Cl2NO2/c1-2-12-23-17-8-6-16(7-9-17)22-11-3-4-13-24-19-10-5-15(20)14-18(19)21/h5-10,14,22H,2-4,11-13H2,1H3. The number of unbranched alkanes of at least 4 members (excludes halogenated alkanes) is 1. The summed E-state index contributed by atoms with van der Waals surface area (Å²) in [6.45, 7) is 4.38. The third-order valence-electron chi connectivity index (χ3n) is 3.38. The van der Waals surface area contributed by atoms with E-state index in [1.165, 1.54) is 0 Å². The fourth-order valence-corrected chi connectivity index (χ4v) is 2.59. The van der Waals surface area contributed by atoms with Crippen LogP contribution in [0.15, 0.2) is 42.5 Å². The van der Waals surface area contributed by atoms with E-state index in [2.05, 4.69) is 12.2 Å².